The largest absolute Gasteiger partial charge is 0.481 e. The third-order valence-corrected chi connectivity index (χ3v) is 4.03. The molecule has 1 aromatic carbocycles. The van der Waals surface area contributed by atoms with Gasteiger partial charge in [-0.2, -0.15) is 9.97 Å². The molecule has 9 nitrogen and oxygen atoms in total. The van der Waals surface area contributed by atoms with Crippen molar-refractivity contribution >= 4 is 5.97 Å². The number of hydrogen-bond acceptors (Lipinski definition) is 9. The lowest BCUT2D eigenvalue weighted by molar-refractivity contribution is -0.160. The summed E-state index contributed by atoms with van der Waals surface area (Å²) in [4.78, 5) is 20.9. The topological polar surface area (TPSA) is 102 Å². The Balaban J connectivity index is 1.70. The number of esters is 1. The molecule has 28 heavy (non-hydrogen) atoms. The van der Waals surface area contributed by atoms with E-state index in [2.05, 4.69) is 9.97 Å². The van der Waals surface area contributed by atoms with Gasteiger partial charge in [-0.25, -0.2) is 4.79 Å². The van der Waals surface area contributed by atoms with Crippen molar-refractivity contribution in [2.45, 2.75) is 12.7 Å². The SMILES string of the molecule is COc1cc(OC)nc(Oc2cccc3c2C(=O)OC(C)(c2ccco2)O3)n1. The summed E-state index contributed by atoms with van der Waals surface area (Å²) < 4.78 is 32.6. The third kappa shape index (κ3) is 3.07. The van der Waals surface area contributed by atoms with E-state index in [1.54, 1.807) is 37.3 Å². The van der Waals surface area contributed by atoms with Crippen LogP contribution in [-0.4, -0.2) is 30.2 Å². The van der Waals surface area contributed by atoms with Gasteiger partial charge >= 0.3 is 17.8 Å². The van der Waals surface area contributed by atoms with Crippen LogP contribution in [0, 0.1) is 0 Å². The van der Waals surface area contributed by atoms with Crippen LogP contribution in [0.2, 0.25) is 0 Å². The fourth-order valence-corrected chi connectivity index (χ4v) is 2.72. The van der Waals surface area contributed by atoms with Gasteiger partial charge in [0.15, 0.2) is 5.76 Å². The van der Waals surface area contributed by atoms with Gasteiger partial charge in [0, 0.05) is 6.92 Å². The van der Waals surface area contributed by atoms with Crippen molar-refractivity contribution in [1.82, 2.24) is 9.97 Å². The van der Waals surface area contributed by atoms with E-state index in [1.165, 1.54) is 26.5 Å². The first kappa shape index (κ1) is 17.7. The average molecular weight is 384 g/mol. The molecule has 0 radical (unpaired) electrons. The van der Waals surface area contributed by atoms with Crippen LogP contribution in [0.4, 0.5) is 0 Å². The summed E-state index contributed by atoms with van der Waals surface area (Å²) in [6.45, 7) is 1.59. The van der Waals surface area contributed by atoms with Crippen molar-refractivity contribution in [3.8, 4) is 29.3 Å². The van der Waals surface area contributed by atoms with Gasteiger partial charge in [0.1, 0.15) is 17.1 Å². The molecule has 144 valence electrons. The van der Waals surface area contributed by atoms with Crippen LogP contribution in [0.25, 0.3) is 0 Å². The molecule has 9 heteroatoms. The number of cyclic esters (lactones) is 1. The van der Waals surface area contributed by atoms with Crippen molar-refractivity contribution < 1.29 is 32.9 Å². The molecule has 0 fully saturated rings. The summed E-state index contributed by atoms with van der Waals surface area (Å²) in [6.07, 6.45) is 1.47. The molecule has 0 bridgehead atoms. The van der Waals surface area contributed by atoms with Crippen molar-refractivity contribution in [3.63, 3.8) is 0 Å². The molecule has 3 heterocycles. The van der Waals surface area contributed by atoms with Crippen LogP contribution in [0.1, 0.15) is 23.0 Å². The van der Waals surface area contributed by atoms with E-state index in [-0.39, 0.29) is 34.8 Å². The van der Waals surface area contributed by atoms with Gasteiger partial charge in [-0.3, -0.25) is 0 Å². The van der Waals surface area contributed by atoms with Crippen LogP contribution >= 0.6 is 0 Å². The quantitative estimate of drug-likeness (QED) is 0.613. The summed E-state index contributed by atoms with van der Waals surface area (Å²) in [7, 11) is 2.91. The van der Waals surface area contributed by atoms with Crippen LogP contribution in [-0.2, 0) is 10.5 Å². The Labute approximate surface area is 159 Å². The predicted octanol–water partition coefficient (Wildman–Crippen LogP) is 3.30. The number of ether oxygens (including phenoxy) is 5. The number of methoxy groups -OCH3 is 2. The fourth-order valence-electron chi connectivity index (χ4n) is 2.72. The van der Waals surface area contributed by atoms with Gasteiger partial charge in [-0.1, -0.05) is 6.07 Å². The zero-order chi connectivity index (χ0) is 19.7. The first-order chi connectivity index (χ1) is 13.5. The molecular formula is C19H16N2O7. The maximum absolute atomic E-state index is 12.7. The van der Waals surface area contributed by atoms with Crippen LogP contribution < -0.4 is 18.9 Å². The number of nitrogens with zero attached hydrogens (tertiary/aromatic N) is 2. The summed E-state index contributed by atoms with van der Waals surface area (Å²) in [5.74, 6) is -0.722. The van der Waals surface area contributed by atoms with E-state index in [1.807, 2.05) is 0 Å². The van der Waals surface area contributed by atoms with E-state index in [0.717, 1.165) is 0 Å². The second-order valence-electron chi connectivity index (χ2n) is 5.88. The Morgan fingerprint density at radius 2 is 1.75 bits per heavy atom. The van der Waals surface area contributed by atoms with Crippen molar-refractivity contribution in [3.05, 3.63) is 54.0 Å². The molecule has 1 aliphatic rings. The molecule has 2 aromatic heterocycles. The van der Waals surface area contributed by atoms with Crippen molar-refractivity contribution in [2.24, 2.45) is 0 Å². The number of furan rings is 1. The summed E-state index contributed by atoms with van der Waals surface area (Å²) in [6, 6.07) is 9.67. The van der Waals surface area contributed by atoms with E-state index in [4.69, 9.17) is 28.1 Å². The third-order valence-electron chi connectivity index (χ3n) is 4.03. The Hall–Kier alpha value is -3.75. The Bertz CT molecular complexity index is 997. The second-order valence-corrected chi connectivity index (χ2v) is 5.88. The lowest BCUT2D eigenvalue weighted by atomic mass is 10.1. The zero-order valence-corrected chi connectivity index (χ0v) is 15.3. The monoisotopic (exact) mass is 384 g/mol. The average Bonchev–Trinajstić information content (AvgIpc) is 3.23. The summed E-state index contributed by atoms with van der Waals surface area (Å²) in [5, 5.41) is 0. The van der Waals surface area contributed by atoms with E-state index < -0.39 is 11.8 Å². The maximum atomic E-state index is 12.7. The first-order valence-electron chi connectivity index (χ1n) is 8.26. The van der Waals surface area contributed by atoms with Gasteiger partial charge in [-0.05, 0) is 24.3 Å². The molecule has 0 amide bonds. The van der Waals surface area contributed by atoms with Gasteiger partial charge < -0.3 is 28.1 Å². The minimum atomic E-state index is -1.39. The molecule has 3 aromatic rings. The van der Waals surface area contributed by atoms with E-state index in [9.17, 15) is 4.79 Å². The predicted molar refractivity (Wildman–Crippen MR) is 93.8 cm³/mol. The maximum Gasteiger partial charge on any atom is 0.349 e. The van der Waals surface area contributed by atoms with Gasteiger partial charge in [-0.15, -0.1) is 0 Å². The van der Waals surface area contributed by atoms with E-state index in [0.29, 0.717) is 5.76 Å². The highest BCUT2D eigenvalue weighted by molar-refractivity contribution is 5.96. The molecule has 1 unspecified atom stereocenters. The van der Waals surface area contributed by atoms with Crippen molar-refractivity contribution in [1.29, 1.82) is 0 Å². The highest BCUT2D eigenvalue weighted by Crippen LogP contribution is 2.42. The molecule has 0 aliphatic carbocycles. The number of fused-ring (bicyclic) bond motifs is 1. The number of benzene rings is 1. The molecule has 0 saturated carbocycles. The molecule has 4 rings (SSSR count). The van der Waals surface area contributed by atoms with Gasteiger partial charge in [0.25, 0.3) is 0 Å². The number of hydrogen-bond donors (Lipinski definition) is 0. The highest BCUT2D eigenvalue weighted by Gasteiger charge is 2.43. The number of carbonyl (C=O) groups excluding carboxylic acids is 1. The summed E-state index contributed by atoms with van der Waals surface area (Å²) in [5.41, 5.74) is 0.108. The molecule has 1 aliphatic heterocycles. The Kier molecular flexibility index (Phi) is 4.26. The van der Waals surface area contributed by atoms with Gasteiger partial charge in [0.05, 0.1) is 26.5 Å². The summed E-state index contributed by atoms with van der Waals surface area (Å²) >= 11 is 0. The van der Waals surface area contributed by atoms with Crippen LogP contribution in [0.3, 0.4) is 0 Å². The van der Waals surface area contributed by atoms with E-state index >= 15 is 0 Å². The van der Waals surface area contributed by atoms with Crippen molar-refractivity contribution in [2.75, 3.05) is 14.2 Å². The molecule has 1 atom stereocenters. The Morgan fingerprint density at radius 1 is 1.00 bits per heavy atom. The zero-order valence-electron chi connectivity index (χ0n) is 15.3. The molecular weight excluding hydrogens is 368 g/mol. The lowest BCUT2D eigenvalue weighted by Gasteiger charge is -2.33. The second kappa shape index (κ2) is 6.76. The van der Waals surface area contributed by atoms with Crippen LogP contribution in [0.15, 0.2) is 47.1 Å². The Morgan fingerprint density at radius 3 is 2.39 bits per heavy atom. The molecule has 0 N–H and O–H groups in total. The normalized spacial score (nSPS) is 17.9. The standard InChI is InChI=1S/C19H16N2O7/c1-19(13-8-5-9-25-13)27-12-7-4-6-11(16(12)17(22)28-19)26-18-20-14(23-2)10-15(21-18)24-3/h4-10H,1-3H3. The lowest BCUT2D eigenvalue weighted by Crippen LogP contribution is -2.39. The first-order valence-corrected chi connectivity index (χ1v) is 8.26. The van der Waals surface area contributed by atoms with Crippen LogP contribution in [0.5, 0.6) is 29.3 Å². The minimum absolute atomic E-state index is 0.0585. The smallest absolute Gasteiger partial charge is 0.349 e. The molecule has 0 spiro atoms. The highest BCUT2D eigenvalue weighted by atomic mass is 16.7. The number of rotatable bonds is 5. The molecule has 0 saturated heterocycles. The number of aromatic nitrogens is 2. The number of carbonyl (C=O) groups is 1. The fraction of sp³-hybridized carbons (Fsp3) is 0.211. The van der Waals surface area contributed by atoms with Gasteiger partial charge in [0.2, 0.25) is 11.8 Å². The minimum Gasteiger partial charge on any atom is -0.481 e.